The summed E-state index contributed by atoms with van der Waals surface area (Å²) in [6.45, 7) is 1.51. The Kier molecular flexibility index (Phi) is 8.09. The maximum Gasteiger partial charge on any atom is 0.240 e. The lowest BCUT2D eigenvalue weighted by Crippen LogP contribution is -2.50. The highest BCUT2D eigenvalue weighted by atomic mass is 16.3. The van der Waals surface area contributed by atoms with E-state index in [1.165, 1.54) is 0 Å². The van der Waals surface area contributed by atoms with Gasteiger partial charge in [-0.3, -0.25) is 9.69 Å². The number of rotatable bonds is 8. The molecule has 1 amide bonds. The Morgan fingerprint density at radius 1 is 0.595 bits per heavy atom. The fraction of sp³-hybridized carbons (Fsp3) is 0.242. The van der Waals surface area contributed by atoms with Crippen LogP contribution in [-0.2, 0) is 30.7 Å². The van der Waals surface area contributed by atoms with Crippen molar-refractivity contribution >= 4 is 5.91 Å². The van der Waals surface area contributed by atoms with Crippen LogP contribution in [0.4, 0.5) is 0 Å². The van der Waals surface area contributed by atoms with Crippen molar-refractivity contribution in [2.75, 3.05) is 6.54 Å². The van der Waals surface area contributed by atoms with Crippen LogP contribution in [0.1, 0.15) is 22.3 Å². The number of β-amino-alcohol motifs (C(OH)–C–C–N with tert-alkyl or cyclic N) is 1. The average Bonchev–Trinajstić information content (AvgIpc) is 3.02. The van der Waals surface area contributed by atoms with Crippen molar-refractivity contribution in [3.05, 3.63) is 144 Å². The van der Waals surface area contributed by atoms with E-state index >= 15 is 0 Å². The normalized spacial score (nSPS) is 20.5. The number of carbonyl (C=O) groups is 1. The molecule has 1 aliphatic rings. The van der Waals surface area contributed by atoms with Crippen molar-refractivity contribution in [1.29, 1.82) is 0 Å². The highest BCUT2D eigenvalue weighted by Gasteiger charge is 2.41. The lowest BCUT2D eigenvalue weighted by Gasteiger charge is -2.34. The van der Waals surface area contributed by atoms with Crippen molar-refractivity contribution in [3.63, 3.8) is 0 Å². The second-order valence-corrected chi connectivity index (χ2v) is 9.90. The van der Waals surface area contributed by atoms with Gasteiger partial charge in [0, 0.05) is 19.6 Å². The molecule has 188 valence electrons. The van der Waals surface area contributed by atoms with Crippen molar-refractivity contribution in [3.8, 4) is 0 Å². The van der Waals surface area contributed by atoms with E-state index in [-0.39, 0.29) is 18.0 Å². The molecule has 4 heteroatoms. The molecule has 1 fully saturated rings. The summed E-state index contributed by atoms with van der Waals surface area (Å²) in [5.41, 5.74) is 4.44. The van der Waals surface area contributed by atoms with Gasteiger partial charge in [-0.25, -0.2) is 0 Å². The van der Waals surface area contributed by atoms with Crippen LogP contribution >= 0.6 is 0 Å². The Balaban J connectivity index is 1.53. The number of aliphatic hydroxyl groups excluding tert-OH is 1. The number of carbonyl (C=O) groups excluding carboxylic acids is 1. The third-order valence-electron chi connectivity index (χ3n) is 7.26. The smallest absolute Gasteiger partial charge is 0.240 e. The first-order valence-corrected chi connectivity index (χ1v) is 13.1. The van der Waals surface area contributed by atoms with Crippen LogP contribution in [0.25, 0.3) is 0 Å². The molecular formula is C33H34N2O2. The van der Waals surface area contributed by atoms with Crippen molar-refractivity contribution in [2.45, 2.75) is 44.1 Å². The second kappa shape index (κ2) is 12.0. The minimum Gasteiger partial charge on any atom is -0.390 e. The first-order valence-electron chi connectivity index (χ1n) is 13.1. The predicted octanol–water partition coefficient (Wildman–Crippen LogP) is 5.11. The van der Waals surface area contributed by atoms with E-state index in [1.807, 2.05) is 77.7 Å². The number of benzene rings is 4. The van der Waals surface area contributed by atoms with Crippen LogP contribution in [-0.4, -0.2) is 45.5 Å². The minimum absolute atomic E-state index is 0.0705. The van der Waals surface area contributed by atoms with Gasteiger partial charge in [0.2, 0.25) is 5.91 Å². The molecule has 1 N–H and O–H groups in total. The molecule has 4 aromatic carbocycles. The molecule has 0 aromatic heterocycles. The predicted molar refractivity (Wildman–Crippen MR) is 148 cm³/mol. The van der Waals surface area contributed by atoms with Gasteiger partial charge in [-0.1, -0.05) is 121 Å². The summed E-state index contributed by atoms with van der Waals surface area (Å²) in [5.74, 6) is 0.0705. The average molecular weight is 491 g/mol. The standard InChI is InChI=1S/C33H34N2O2/c36-32-25-34(23-28-17-9-3-10-18-28)31(22-27-15-7-2-8-16-27)33(37)35(24-29-19-11-4-12-20-29)30(32)21-26-13-5-1-6-14-26/h1-20,30-32,36H,21-25H2/t30?,31-,32+/m1/s1. The fourth-order valence-electron chi connectivity index (χ4n) is 5.33. The zero-order valence-corrected chi connectivity index (χ0v) is 21.1. The monoisotopic (exact) mass is 490 g/mol. The Labute approximate surface area is 219 Å². The summed E-state index contributed by atoms with van der Waals surface area (Å²) >= 11 is 0. The maximum absolute atomic E-state index is 14.5. The Morgan fingerprint density at radius 3 is 1.54 bits per heavy atom. The molecule has 0 radical (unpaired) electrons. The molecule has 4 aromatic rings. The first kappa shape index (κ1) is 24.9. The number of hydrogen-bond acceptors (Lipinski definition) is 3. The minimum atomic E-state index is -0.683. The lowest BCUT2D eigenvalue weighted by atomic mass is 9.98. The van der Waals surface area contributed by atoms with Gasteiger partial charge in [0.25, 0.3) is 0 Å². The summed E-state index contributed by atoms with van der Waals surface area (Å²) in [7, 11) is 0. The summed E-state index contributed by atoms with van der Waals surface area (Å²) < 4.78 is 0. The molecule has 1 unspecified atom stereocenters. The zero-order valence-electron chi connectivity index (χ0n) is 21.1. The molecule has 4 nitrogen and oxygen atoms in total. The van der Waals surface area contributed by atoms with E-state index in [4.69, 9.17) is 0 Å². The molecule has 0 spiro atoms. The van der Waals surface area contributed by atoms with Crippen molar-refractivity contribution < 1.29 is 9.90 Å². The molecule has 3 atom stereocenters. The van der Waals surface area contributed by atoms with Gasteiger partial charge in [0.15, 0.2) is 0 Å². The highest BCUT2D eigenvalue weighted by molar-refractivity contribution is 5.83. The Bertz CT molecular complexity index is 1250. The summed E-state index contributed by atoms with van der Waals surface area (Å²) in [4.78, 5) is 18.6. The number of aliphatic hydroxyl groups is 1. The number of amides is 1. The van der Waals surface area contributed by atoms with E-state index in [0.29, 0.717) is 32.5 Å². The third kappa shape index (κ3) is 6.34. The molecule has 0 saturated carbocycles. The highest BCUT2D eigenvalue weighted by Crippen LogP contribution is 2.26. The van der Waals surface area contributed by atoms with Crippen LogP contribution in [0.3, 0.4) is 0 Å². The van der Waals surface area contributed by atoms with Gasteiger partial charge in [0.05, 0.1) is 18.2 Å². The lowest BCUT2D eigenvalue weighted by molar-refractivity contribution is -0.139. The van der Waals surface area contributed by atoms with Crippen molar-refractivity contribution in [2.24, 2.45) is 0 Å². The Morgan fingerprint density at radius 2 is 1.03 bits per heavy atom. The molecule has 0 bridgehead atoms. The van der Waals surface area contributed by atoms with E-state index in [9.17, 15) is 9.90 Å². The molecule has 5 rings (SSSR count). The number of hydrogen-bond donors (Lipinski definition) is 1. The van der Waals surface area contributed by atoms with Gasteiger partial charge in [-0.2, -0.15) is 0 Å². The second-order valence-electron chi connectivity index (χ2n) is 9.90. The number of nitrogens with zero attached hydrogens (tertiary/aromatic N) is 2. The van der Waals surface area contributed by atoms with Crippen LogP contribution < -0.4 is 0 Å². The molecule has 0 aliphatic carbocycles. The topological polar surface area (TPSA) is 43.8 Å². The third-order valence-corrected chi connectivity index (χ3v) is 7.26. The Hall–Kier alpha value is -3.73. The maximum atomic E-state index is 14.5. The van der Waals surface area contributed by atoms with Crippen molar-refractivity contribution in [1.82, 2.24) is 9.80 Å². The van der Waals surface area contributed by atoms with Crippen LogP contribution in [0.5, 0.6) is 0 Å². The van der Waals surface area contributed by atoms with Gasteiger partial charge in [-0.15, -0.1) is 0 Å². The summed E-state index contributed by atoms with van der Waals surface area (Å²) in [6, 6.07) is 40.0. The van der Waals surface area contributed by atoms with Gasteiger partial charge >= 0.3 is 0 Å². The molecule has 37 heavy (non-hydrogen) atoms. The van der Waals surface area contributed by atoms with Crippen LogP contribution in [0.15, 0.2) is 121 Å². The van der Waals surface area contributed by atoms with Crippen LogP contribution in [0, 0.1) is 0 Å². The summed E-state index contributed by atoms with van der Waals surface area (Å²) in [5, 5.41) is 11.7. The van der Waals surface area contributed by atoms with E-state index < -0.39 is 6.10 Å². The van der Waals surface area contributed by atoms with E-state index in [2.05, 4.69) is 53.4 Å². The van der Waals surface area contributed by atoms with Gasteiger partial charge in [-0.05, 0) is 35.1 Å². The summed E-state index contributed by atoms with van der Waals surface area (Å²) in [6.07, 6.45) is 0.526. The fourth-order valence-corrected chi connectivity index (χ4v) is 5.33. The largest absolute Gasteiger partial charge is 0.390 e. The quantitative estimate of drug-likeness (QED) is 0.373. The SMILES string of the molecule is O=C1[C@@H](Cc2ccccc2)N(Cc2ccccc2)C[C@H](O)C(Cc2ccccc2)N1Cc1ccccc1. The molecule has 1 aliphatic heterocycles. The van der Waals surface area contributed by atoms with Gasteiger partial charge < -0.3 is 10.0 Å². The van der Waals surface area contributed by atoms with Crippen LogP contribution in [0.2, 0.25) is 0 Å². The zero-order chi connectivity index (χ0) is 25.5. The van der Waals surface area contributed by atoms with E-state index in [0.717, 1.165) is 22.3 Å². The molecular weight excluding hydrogens is 456 g/mol. The van der Waals surface area contributed by atoms with Gasteiger partial charge in [0.1, 0.15) is 0 Å². The molecule has 1 heterocycles. The first-order chi connectivity index (χ1) is 18.2. The van der Waals surface area contributed by atoms with E-state index in [1.54, 1.807) is 0 Å². The molecule has 1 saturated heterocycles.